The fraction of sp³-hybridized carbons (Fsp3) is 0.143. The summed E-state index contributed by atoms with van der Waals surface area (Å²) >= 11 is 0. The molecule has 1 rings (SSSR count). The number of aromatic nitrogens is 1. The lowest BCUT2D eigenvalue weighted by Crippen LogP contribution is -2.18. The van der Waals surface area contributed by atoms with Gasteiger partial charge >= 0.3 is 0 Å². The number of nitrogens with zero attached hydrogens (tertiary/aromatic N) is 2. The summed E-state index contributed by atoms with van der Waals surface area (Å²) in [7, 11) is -4.59. The van der Waals surface area contributed by atoms with E-state index in [0.717, 1.165) is 0 Å². The number of hydrogen-bond acceptors (Lipinski definition) is 4. The Morgan fingerprint density at radius 3 is 2.44 bits per heavy atom. The zero-order chi connectivity index (χ0) is 12.5. The largest absolute Gasteiger partial charge is 0.266 e. The minimum atomic E-state index is -4.59. The third-order valence-corrected chi connectivity index (χ3v) is 2.38. The van der Waals surface area contributed by atoms with Crippen molar-refractivity contribution in [3.63, 3.8) is 0 Å². The first kappa shape index (κ1) is 12.4. The molecule has 0 bridgehead atoms. The van der Waals surface area contributed by atoms with E-state index >= 15 is 0 Å². The second kappa shape index (κ2) is 4.07. The van der Waals surface area contributed by atoms with Crippen molar-refractivity contribution in [1.29, 1.82) is 5.26 Å². The number of pyridine rings is 1. The first-order chi connectivity index (χ1) is 7.27. The fourth-order valence-corrected chi connectivity index (χ4v) is 1.52. The van der Waals surface area contributed by atoms with Crippen LogP contribution >= 0.6 is 0 Å². The normalized spacial score (nSPS) is 11.5. The van der Waals surface area contributed by atoms with Gasteiger partial charge in [-0.3, -0.25) is 0 Å². The summed E-state index contributed by atoms with van der Waals surface area (Å²) in [5.41, 5.74) is -1.88. The molecule has 0 atom stereocenters. The Morgan fingerprint density at radius 1 is 1.50 bits per heavy atom. The second-order valence-electron chi connectivity index (χ2n) is 2.67. The molecule has 5 nitrogen and oxygen atoms in total. The van der Waals surface area contributed by atoms with Crippen molar-refractivity contribution in [2.24, 2.45) is 5.14 Å². The number of halogens is 3. The molecule has 0 aliphatic rings. The Bertz CT molecular complexity index is 565. The monoisotopic (exact) mass is 251 g/mol. The van der Waals surface area contributed by atoms with E-state index in [2.05, 4.69) is 10.1 Å². The Balaban J connectivity index is 3.65. The molecule has 16 heavy (non-hydrogen) atoms. The van der Waals surface area contributed by atoms with E-state index < -0.39 is 38.5 Å². The van der Waals surface area contributed by atoms with E-state index in [1.807, 2.05) is 0 Å². The van der Waals surface area contributed by atoms with E-state index in [1.165, 1.54) is 6.07 Å². The van der Waals surface area contributed by atoms with Gasteiger partial charge in [0.1, 0.15) is 11.8 Å². The van der Waals surface area contributed by atoms with E-state index in [9.17, 15) is 21.6 Å². The molecule has 0 amide bonds. The maximum atomic E-state index is 13.2. The molecule has 0 aliphatic heterocycles. The predicted molar refractivity (Wildman–Crippen MR) is 45.2 cm³/mol. The number of primary sulfonamides is 1. The topological polar surface area (TPSA) is 96.8 Å². The first-order valence-corrected chi connectivity index (χ1v) is 5.23. The zero-order valence-electron chi connectivity index (χ0n) is 7.49. The van der Waals surface area contributed by atoms with Gasteiger partial charge in [-0.2, -0.15) is 5.26 Å². The molecule has 0 spiro atoms. The van der Waals surface area contributed by atoms with E-state index in [1.54, 1.807) is 0 Å². The molecular weight excluding hydrogens is 247 g/mol. The van der Waals surface area contributed by atoms with Crippen molar-refractivity contribution in [2.45, 2.75) is 11.5 Å². The van der Waals surface area contributed by atoms with E-state index in [4.69, 9.17) is 5.26 Å². The van der Waals surface area contributed by atoms with Gasteiger partial charge in [0, 0.05) is 0 Å². The van der Waals surface area contributed by atoms with Crippen molar-refractivity contribution in [1.82, 2.24) is 4.98 Å². The quantitative estimate of drug-likeness (QED) is 0.835. The van der Waals surface area contributed by atoms with Gasteiger partial charge in [0.05, 0.1) is 5.56 Å². The minimum Gasteiger partial charge on any atom is -0.223 e. The van der Waals surface area contributed by atoms with Gasteiger partial charge in [0.15, 0.2) is 5.82 Å². The van der Waals surface area contributed by atoms with Gasteiger partial charge in [-0.25, -0.2) is 31.7 Å². The summed E-state index contributed by atoms with van der Waals surface area (Å²) in [6.07, 6.45) is -3.27. The van der Waals surface area contributed by atoms with Crippen LogP contribution in [0, 0.1) is 17.1 Å². The van der Waals surface area contributed by atoms with Gasteiger partial charge < -0.3 is 0 Å². The number of rotatable bonds is 2. The molecule has 0 saturated heterocycles. The number of alkyl halides is 2. The molecule has 0 fully saturated rings. The molecule has 1 aromatic heterocycles. The van der Waals surface area contributed by atoms with Crippen molar-refractivity contribution < 1.29 is 21.6 Å². The van der Waals surface area contributed by atoms with Crippen molar-refractivity contribution in [3.8, 4) is 6.07 Å². The van der Waals surface area contributed by atoms with Gasteiger partial charge in [-0.1, -0.05) is 0 Å². The molecule has 2 N–H and O–H groups in total. The van der Waals surface area contributed by atoms with Crippen LogP contribution < -0.4 is 5.14 Å². The molecule has 1 heterocycles. The first-order valence-electron chi connectivity index (χ1n) is 3.69. The van der Waals surface area contributed by atoms with Crippen LogP contribution in [-0.4, -0.2) is 13.4 Å². The van der Waals surface area contributed by atoms with E-state index in [-0.39, 0.29) is 0 Å². The summed E-state index contributed by atoms with van der Waals surface area (Å²) in [6, 6.07) is 1.80. The van der Waals surface area contributed by atoms with Crippen molar-refractivity contribution in [3.05, 3.63) is 23.1 Å². The molecule has 0 unspecified atom stereocenters. The summed E-state index contributed by atoms with van der Waals surface area (Å²) < 4.78 is 59.5. The van der Waals surface area contributed by atoms with Gasteiger partial charge in [0.25, 0.3) is 16.4 Å². The molecule has 9 heteroatoms. The van der Waals surface area contributed by atoms with Crippen LogP contribution in [0.3, 0.4) is 0 Å². The third kappa shape index (κ3) is 2.29. The average Bonchev–Trinajstić information content (AvgIpc) is 2.15. The number of sulfonamides is 1. The molecular formula is C7H4F3N3O2S. The molecule has 0 aromatic carbocycles. The van der Waals surface area contributed by atoms with Crippen LogP contribution in [-0.2, 0) is 10.0 Å². The standard InChI is InChI=1S/C7H4F3N3O2S/c8-5-4(6(9)10)1-3(2-11)13-7(5)16(12,14)15/h1,6H,(H2,12,14,15). The van der Waals surface area contributed by atoms with Crippen LogP contribution in [0.4, 0.5) is 13.2 Å². The van der Waals surface area contributed by atoms with Crippen LogP contribution in [0.15, 0.2) is 11.1 Å². The Morgan fingerprint density at radius 2 is 2.06 bits per heavy atom. The van der Waals surface area contributed by atoms with Crippen LogP contribution in [0.25, 0.3) is 0 Å². The summed E-state index contributed by atoms with van der Waals surface area (Å²) in [6.45, 7) is 0. The maximum absolute atomic E-state index is 13.2. The SMILES string of the molecule is N#Cc1cc(C(F)F)c(F)c(S(N)(=O)=O)n1. The average molecular weight is 251 g/mol. The minimum absolute atomic E-state index is 0.467. The highest BCUT2D eigenvalue weighted by Gasteiger charge is 2.25. The number of hydrogen-bond donors (Lipinski definition) is 1. The molecule has 0 aliphatic carbocycles. The smallest absolute Gasteiger partial charge is 0.223 e. The van der Waals surface area contributed by atoms with Crippen molar-refractivity contribution >= 4 is 10.0 Å². The third-order valence-electron chi connectivity index (χ3n) is 1.57. The lowest BCUT2D eigenvalue weighted by Gasteiger charge is -2.05. The van der Waals surface area contributed by atoms with Crippen LogP contribution in [0.2, 0.25) is 0 Å². The van der Waals surface area contributed by atoms with Crippen LogP contribution in [0.1, 0.15) is 17.7 Å². The highest BCUT2D eigenvalue weighted by atomic mass is 32.2. The Kier molecular flexibility index (Phi) is 3.16. The Hall–Kier alpha value is -1.66. The van der Waals surface area contributed by atoms with Gasteiger partial charge in [0.2, 0.25) is 5.03 Å². The molecule has 0 saturated carbocycles. The lowest BCUT2D eigenvalue weighted by molar-refractivity contribution is 0.145. The Labute approximate surface area is 88.4 Å². The lowest BCUT2D eigenvalue weighted by atomic mass is 10.2. The molecule has 86 valence electrons. The second-order valence-corrected chi connectivity index (χ2v) is 4.15. The van der Waals surface area contributed by atoms with Crippen LogP contribution in [0.5, 0.6) is 0 Å². The molecule has 1 aromatic rings. The highest BCUT2D eigenvalue weighted by molar-refractivity contribution is 7.89. The highest BCUT2D eigenvalue weighted by Crippen LogP contribution is 2.25. The molecule has 0 radical (unpaired) electrons. The predicted octanol–water partition coefficient (Wildman–Crippen LogP) is 0.677. The maximum Gasteiger partial charge on any atom is 0.266 e. The summed E-state index contributed by atoms with van der Waals surface area (Å²) in [4.78, 5) is 3.02. The summed E-state index contributed by atoms with van der Waals surface area (Å²) in [5, 5.41) is 11.6. The zero-order valence-corrected chi connectivity index (χ0v) is 8.30. The van der Waals surface area contributed by atoms with Crippen molar-refractivity contribution in [2.75, 3.05) is 0 Å². The number of nitrogens with two attached hydrogens (primary N) is 1. The van der Waals surface area contributed by atoms with E-state index in [0.29, 0.717) is 6.07 Å². The van der Waals surface area contributed by atoms with Gasteiger partial charge in [-0.05, 0) is 6.07 Å². The number of nitriles is 1. The summed E-state index contributed by atoms with van der Waals surface area (Å²) in [5.74, 6) is -1.74. The fourth-order valence-electron chi connectivity index (χ4n) is 0.929. The van der Waals surface area contributed by atoms with Gasteiger partial charge in [-0.15, -0.1) is 0 Å².